The number of hydrogen-bond donors (Lipinski definition) is 1. The van der Waals surface area contributed by atoms with Crippen molar-refractivity contribution in [1.29, 1.82) is 0 Å². The standard InChI is InChI=1S/C11H15NO3/c1-4-15-10-6-5-9(12-8(2)13)7-11(10)14-3/h5-7H,4H2,1-3H3,(H,12,13). The zero-order valence-corrected chi connectivity index (χ0v) is 9.16. The molecule has 0 bridgehead atoms. The summed E-state index contributed by atoms with van der Waals surface area (Å²) < 4.78 is 10.5. The van der Waals surface area contributed by atoms with Gasteiger partial charge in [-0.1, -0.05) is 0 Å². The zero-order chi connectivity index (χ0) is 11.3. The average Bonchev–Trinajstić information content (AvgIpc) is 2.20. The van der Waals surface area contributed by atoms with Crippen molar-refractivity contribution < 1.29 is 14.3 Å². The van der Waals surface area contributed by atoms with E-state index in [1.54, 1.807) is 25.3 Å². The molecule has 0 fully saturated rings. The Hall–Kier alpha value is -1.71. The van der Waals surface area contributed by atoms with Crippen molar-refractivity contribution in [3.8, 4) is 11.5 Å². The van der Waals surface area contributed by atoms with Crippen LogP contribution in [-0.4, -0.2) is 19.6 Å². The Morgan fingerprint density at radius 3 is 2.67 bits per heavy atom. The number of anilines is 1. The maximum atomic E-state index is 10.8. The summed E-state index contributed by atoms with van der Waals surface area (Å²) in [6.45, 7) is 3.94. The van der Waals surface area contributed by atoms with Crippen LogP contribution in [-0.2, 0) is 4.79 Å². The largest absolute Gasteiger partial charge is 0.493 e. The van der Waals surface area contributed by atoms with Crippen LogP contribution in [0.5, 0.6) is 11.5 Å². The van der Waals surface area contributed by atoms with Gasteiger partial charge in [0.1, 0.15) is 0 Å². The highest BCUT2D eigenvalue weighted by Crippen LogP contribution is 2.29. The van der Waals surface area contributed by atoms with Crippen LogP contribution >= 0.6 is 0 Å². The van der Waals surface area contributed by atoms with Crippen LogP contribution in [0.15, 0.2) is 18.2 Å². The molecule has 1 aromatic rings. The summed E-state index contributed by atoms with van der Waals surface area (Å²) in [5.41, 5.74) is 0.697. The molecule has 1 rings (SSSR count). The number of hydrogen-bond acceptors (Lipinski definition) is 3. The second-order valence-electron chi connectivity index (χ2n) is 2.98. The van der Waals surface area contributed by atoms with Crippen LogP contribution in [0.3, 0.4) is 0 Å². The third-order valence-electron chi connectivity index (χ3n) is 1.78. The first-order valence-electron chi connectivity index (χ1n) is 4.75. The fourth-order valence-corrected chi connectivity index (χ4v) is 1.22. The molecule has 4 nitrogen and oxygen atoms in total. The first-order chi connectivity index (χ1) is 7.17. The first kappa shape index (κ1) is 11.4. The van der Waals surface area contributed by atoms with E-state index in [4.69, 9.17) is 9.47 Å². The fourth-order valence-electron chi connectivity index (χ4n) is 1.22. The third kappa shape index (κ3) is 3.16. The molecule has 0 heterocycles. The normalized spacial score (nSPS) is 9.53. The highest BCUT2D eigenvalue weighted by molar-refractivity contribution is 5.89. The summed E-state index contributed by atoms with van der Waals surface area (Å²) in [6.07, 6.45) is 0. The number of methoxy groups -OCH3 is 1. The highest BCUT2D eigenvalue weighted by atomic mass is 16.5. The van der Waals surface area contributed by atoms with Crippen LogP contribution in [0, 0.1) is 0 Å². The Bertz CT molecular complexity index is 350. The molecular weight excluding hydrogens is 194 g/mol. The van der Waals surface area contributed by atoms with Gasteiger partial charge in [-0.2, -0.15) is 0 Å². The molecule has 0 saturated heterocycles. The fraction of sp³-hybridized carbons (Fsp3) is 0.364. The van der Waals surface area contributed by atoms with Crippen LogP contribution in [0.25, 0.3) is 0 Å². The number of amides is 1. The molecule has 0 radical (unpaired) electrons. The third-order valence-corrected chi connectivity index (χ3v) is 1.78. The average molecular weight is 209 g/mol. The van der Waals surface area contributed by atoms with E-state index < -0.39 is 0 Å². The van der Waals surface area contributed by atoms with Gasteiger partial charge in [0.25, 0.3) is 0 Å². The molecule has 1 amide bonds. The summed E-state index contributed by atoms with van der Waals surface area (Å²) in [7, 11) is 1.56. The lowest BCUT2D eigenvalue weighted by Crippen LogP contribution is -2.06. The summed E-state index contributed by atoms with van der Waals surface area (Å²) in [4.78, 5) is 10.8. The summed E-state index contributed by atoms with van der Waals surface area (Å²) in [5.74, 6) is 1.18. The number of benzene rings is 1. The molecule has 0 aromatic heterocycles. The maximum Gasteiger partial charge on any atom is 0.221 e. The van der Waals surface area contributed by atoms with Crippen LogP contribution < -0.4 is 14.8 Å². The Labute approximate surface area is 89.2 Å². The van der Waals surface area contributed by atoms with Crippen molar-refractivity contribution in [2.45, 2.75) is 13.8 Å². The predicted molar refractivity (Wildman–Crippen MR) is 58.5 cm³/mol. The molecule has 4 heteroatoms. The maximum absolute atomic E-state index is 10.8. The van der Waals surface area contributed by atoms with E-state index in [0.29, 0.717) is 23.8 Å². The van der Waals surface area contributed by atoms with Crippen LogP contribution in [0.1, 0.15) is 13.8 Å². The smallest absolute Gasteiger partial charge is 0.221 e. The van der Waals surface area contributed by atoms with Gasteiger partial charge < -0.3 is 14.8 Å². The van der Waals surface area contributed by atoms with Gasteiger partial charge in [0.05, 0.1) is 13.7 Å². The van der Waals surface area contributed by atoms with E-state index in [2.05, 4.69) is 5.32 Å². The van der Waals surface area contributed by atoms with Gasteiger partial charge in [-0.15, -0.1) is 0 Å². The lowest BCUT2D eigenvalue weighted by molar-refractivity contribution is -0.114. The van der Waals surface area contributed by atoms with Crippen molar-refractivity contribution >= 4 is 11.6 Å². The van der Waals surface area contributed by atoms with Gasteiger partial charge in [-0.05, 0) is 19.1 Å². The molecule has 1 N–H and O–H groups in total. The van der Waals surface area contributed by atoms with E-state index in [0.717, 1.165) is 0 Å². The number of rotatable bonds is 4. The highest BCUT2D eigenvalue weighted by Gasteiger charge is 2.05. The molecule has 1 aromatic carbocycles. The number of nitrogens with one attached hydrogen (secondary N) is 1. The van der Waals surface area contributed by atoms with E-state index in [1.165, 1.54) is 6.92 Å². The first-order valence-corrected chi connectivity index (χ1v) is 4.75. The van der Waals surface area contributed by atoms with E-state index >= 15 is 0 Å². The summed E-state index contributed by atoms with van der Waals surface area (Å²) in [5, 5.41) is 2.67. The summed E-state index contributed by atoms with van der Waals surface area (Å²) >= 11 is 0. The zero-order valence-electron chi connectivity index (χ0n) is 9.16. The van der Waals surface area contributed by atoms with Crippen molar-refractivity contribution in [1.82, 2.24) is 0 Å². The van der Waals surface area contributed by atoms with Crippen LogP contribution in [0.2, 0.25) is 0 Å². The SMILES string of the molecule is CCOc1ccc(NC(C)=O)cc1OC. The second kappa shape index (κ2) is 5.24. The van der Waals surface area contributed by atoms with Crippen molar-refractivity contribution in [2.24, 2.45) is 0 Å². The van der Waals surface area contributed by atoms with Gasteiger partial charge in [0, 0.05) is 18.7 Å². The van der Waals surface area contributed by atoms with Crippen molar-refractivity contribution in [3.05, 3.63) is 18.2 Å². The molecule has 0 aliphatic heterocycles. The minimum absolute atomic E-state index is 0.110. The lowest BCUT2D eigenvalue weighted by atomic mass is 10.2. The van der Waals surface area contributed by atoms with E-state index in [9.17, 15) is 4.79 Å². The monoisotopic (exact) mass is 209 g/mol. The van der Waals surface area contributed by atoms with Gasteiger partial charge in [-0.25, -0.2) is 0 Å². The molecule has 15 heavy (non-hydrogen) atoms. The number of carbonyl (C=O) groups excluding carboxylic acids is 1. The Balaban J connectivity index is 2.91. The Morgan fingerprint density at radius 2 is 2.13 bits per heavy atom. The minimum Gasteiger partial charge on any atom is -0.493 e. The molecular formula is C11H15NO3. The lowest BCUT2D eigenvalue weighted by Gasteiger charge is -2.10. The molecule has 0 aliphatic rings. The van der Waals surface area contributed by atoms with E-state index in [-0.39, 0.29) is 5.91 Å². The molecule has 0 atom stereocenters. The molecule has 82 valence electrons. The van der Waals surface area contributed by atoms with Gasteiger partial charge in [0.2, 0.25) is 5.91 Å². The predicted octanol–water partition coefficient (Wildman–Crippen LogP) is 2.05. The quantitative estimate of drug-likeness (QED) is 0.825. The van der Waals surface area contributed by atoms with Crippen molar-refractivity contribution in [2.75, 3.05) is 19.0 Å². The topological polar surface area (TPSA) is 47.6 Å². The Kier molecular flexibility index (Phi) is 3.97. The van der Waals surface area contributed by atoms with E-state index in [1.807, 2.05) is 6.92 Å². The number of ether oxygens (including phenoxy) is 2. The summed E-state index contributed by atoms with van der Waals surface area (Å²) in [6, 6.07) is 5.27. The van der Waals surface area contributed by atoms with Gasteiger partial charge in [-0.3, -0.25) is 4.79 Å². The minimum atomic E-state index is -0.110. The van der Waals surface area contributed by atoms with Crippen molar-refractivity contribution in [3.63, 3.8) is 0 Å². The molecule has 0 saturated carbocycles. The second-order valence-corrected chi connectivity index (χ2v) is 2.98. The van der Waals surface area contributed by atoms with Gasteiger partial charge >= 0.3 is 0 Å². The Morgan fingerprint density at radius 1 is 1.40 bits per heavy atom. The molecule has 0 unspecified atom stereocenters. The molecule has 0 spiro atoms. The molecule has 0 aliphatic carbocycles. The number of carbonyl (C=O) groups is 1. The van der Waals surface area contributed by atoms with Crippen LogP contribution in [0.4, 0.5) is 5.69 Å². The van der Waals surface area contributed by atoms with Gasteiger partial charge in [0.15, 0.2) is 11.5 Å².